The molecule has 0 N–H and O–H groups in total. The normalized spacial score (nSPS) is 11.0. The standard InChI is InChI=1S/C17H14N2O3S/c1-12-18-19-16(22-12)11-21-17(20)10-8-14-7-9-15(23-14)13-5-3-2-4-6-13/h2-10H,11H2,1H3/b10-8+. The zero-order valence-electron chi connectivity index (χ0n) is 12.4. The molecule has 0 aliphatic carbocycles. The zero-order valence-corrected chi connectivity index (χ0v) is 13.2. The second-order valence-electron chi connectivity index (χ2n) is 4.72. The van der Waals surface area contributed by atoms with E-state index in [1.807, 2.05) is 30.3 Å². The van der Waals surface area contributed by atoms with Gasteiger partial charge in [0.05, 0.1) is 0 Å². The van der Waals surface area contributed by atoms with Crippen molar-refractivity contribution in [3.8, 4) is 10.4 Å². The van der Waals surface area contributed by atoms with E-state index in [2.05, 4.69) is 22.3 Å². The summed E-state index contributed by atoms with van der Waals surface area (Å²) in [6.45, 7) is 1.66. The SMILES string of the molecule is Cc1nnc(COC(=O)/C=C/c2ccc(-c3ccccc3)s2)o1. The minimum absolute atomic E-state index is 0.0241. The lowest BCUT2D eigenvalue weighted by atomic mass is 10.2. The van der Waals surface area contributed by atoms with Crippen LogP contribution in [0.3, 0.4) is 0 Å². The van der Waals surface area contributed by atoms with Crippen molar-refractivity contribution in [2.24, 2.45) is 0 Å². The molecule has 0 fully saturated rings. The lowest BCUT2D eigenvalue weighted by molar-refractivity contribution is -0.139. The number of rotatable bonds is 5. The molecular formula is C17H14N2O3S. The summed E-state index contributed by atoms with van der Waals surface area (Å²) in [5.74, 6) is 0.279. The predicted octanol–water partition coefficient (Wildman–Crippen LogP) is 3.86. The summed E-state index contributed by atoms with van der Waals surface area (Å²) >= 11 is 1.61. The topological polar surface area (TPSA) is 65.2 Å². The summed E-state index contributed by atoms with van der Waals surface area (Å²) < 4.78 is 10.2. The van der Waals surface area contributed by atoms with E-state index < -0.39 is 5.97 Å². The highest BCUT2D eigenvalue weighted by molar-refractivity contribution is 7.16. The monoisotopic (exact) mass is 326 g/mol. The molecule has 0 saturated heterocycles. The Morgan fingerprint density at radius 2 is 2.04 bits per heavy atom. The molecule has 0 radical (unpaired) electrons. The highest BCUT2D eigenvalue weighted by Gasteiger charge is 2.05. The second kappa shape index (κ2) is 7.02. The maximum atomic E-state index is 11.7. The van der Waals surface area contributed by atoms with Crippen LogP contribution >= 0.6 is 11.3 Å². The molecule has 0 bridgehead atoms. The number of carbonyl (C=O) groups is 1. The highest BCUT2D eigenvalue weighted by atomic mass is 32.1. The largest absolute Gasteiger partial charge is 0.452 e. The first-order chi connectivity index (χ1) is 11.2. The highest BCUT2D eigenvalue weighted by Crippen LogP contribution is 2.28. The molecule has 2 aromatic heterocycles. The molecule has 2 heterocycles. The van der Waals surface area contributed by atoms with E-state index in [1.165, 1.54) is 6.08 Å². The van der Waals surface area contributed by atoms with Gasteiger partial charge in [-0.25, -0.2) is 4.79 Å². The Hall–Kier alpha value is -2.73. The Kier molecular flexibility index (Phi) is 4.63. The van der Waals surface area contributed by atoms with Crippen molar-refractivity contribution in [2.45, 2.75) is 13.5 Å². The third-order valence-electron chi connectivity index (χ3n) is 2.97. The molecule has 0 spiro atoms. The van der Waals surface area contributed by atoms with E-state index in [4.69, 9.17) is 9.15 Å². The Balaban J connectivity index is 1.57. The van der Waals surface area contributed by atoms with Crippen LogP contribution in [0.15, 0.2) is 53.0 Å². The van der Waals surface area contributed by atoms with Crippen molar-refractivity contribution in [1.29, 1.82) is 0 Å². The van der Waals surface area contributed by atoms with Gasteiger partial charge in [-0.2, -0.15) is 0 Å². The number of carbonyl (C=O) groups excluding carboxylic acids is 1. The Labute approximate surface area is 137 Å². The fourth-order valence-electron chi connectivity index (χ4n) is 1.93. The first-order valence-corrected chi connectivity index (χ1v) is 7.81. The number of aromatic nitrogens is 2. The number of benzene rings is 1. The van der Waals surface area contributed by atoms with Crippen LogP contribution in [0.2, 0.25) is 0 Å². The average Bonchev–Trinajstić information content (AvgIpc) is 3.21. The molecule has 0 unspecified atom stereocenters. The zero-order chi connectivity index (χ0) is 16.1. The molecule has 3 aromatic rings. The Morgan fingerprint density at radius 3 is 2.78 bits per heavy atom. The minimum atomic E-state index is -0.449. The third kappa shape index (κ3) is 4.14. The van der Waals surface area contributed by atoms with E-state index in [-0.39, 0.29) is 12.5 Å². The lowest BCUT2D eigenvalue weighted by Gasteiger charge is -1.96. The van der Waals surface area contributed by atoms with Crippen LogP contribution in [0.4, 0.5) is 0 Å². The summed E-state index contributed by atoms with van der Waals surface area (Å²) in [7, 11) is 0. The quantitative estimate of drug-likeness (QED) is 0.526. The van der Waals surface area contributed by atoms with Crippen molar-refractivity contribution in [2.75, 3.05) is 0 Å². The van der Waals surface area contributed by atoms with E-state index >= 15 is 0 Å². The van der Waals surface area contributed by atoms with Crippen LogP contribution in [0.1, 0.15) is 16.7 Å². The molecule has 0 aliphatic rings. The van der Waals surface area contributed by atoms with Gasteiger partial charge in [-0.3, -0.25) is 0 Å². The maximum Gasteiger partial charge on any atom is 0.331 e. The van der Waals surface area contributed by atoms with Gasteiger partial charge in [0.1, 0.15) is 0 Å². The van der Waals surface area contributed by atoms with Crippen molar-refractivity contribution < 1.29 is 13.9 Å². The molecule has 3 rings (SSSR count). The molecule has 1 aromatic carbocycles. The van der Waals surface area contributed by atoms with Crippen molar-refractivity contribution >= 4 is 23.4 Å². The minimum Gasteiger partial charge on any atom is -0.452 e. The number of hydrogen-bond donors (Lipinski definition) is 0. The van der Waals surface area contributed by atoms with Gasteiger partial charge < -0.3 is 9.15 Å². The Morgan fingerprint density at radius 1 is 1.22 bits per heavy atom. The number of aryl methyl sites for hydroxylation is 1. The molecule has 6 heteroatoms. The number of ether oxygens (including phenoxy) is 1. The van der Waals surface area contributed by atoms with E-state index in [1.54, 1.807) is 24.3 Å². The summed E-state index contributed by atoms with van der Waals surface area (Å²) in [5.41, 5.74) is 1.16. The van der Waals surface area contributed by atoms with Crippen LogP contribution < -0.4 is 0 Å². The van der Waals surface area contributed by atoms with E-state index in [0.717, 1.165) is 15.3 Å². The van der Waals surface area contributed by atoms with Crippen molar-refractivity contribution in [3.63, 3.8) is 0 Å². The molecule has 5 nitrogen and oxygen atoms in total. The van der Waals surface area contributed by atoms with E-state index in [9.17, 15) is 4.79 Å². The summed E-state index contributed by atoms with van der Waals surface area (Å²) in [4.78, 5) is 13.8. The molecule has 0 aliphatic heterocycles. The van der Waals surface area contributed by atoms with Crippen molar-refractivity contribution in [1.82, 2.24) is 10.2 Å². The van der Waals surface area contributed by atoms with Crippen LogP contribution in [0.5, 0.6) is 0 Å². The predicted molar refractivity (Wildman–Crippen MR) is 87.6 cm³/mol. The van der Waals surface area contributed by atoms with E-state index in [0.29, 0.717) is 5.89 Å². The van der Waals surface area contributed by atoms with Gasteiger partial charge in [-0.05, 0) is 23.8 Å². The number of esters is 1. The number of nitrogens with zero attached hydrogens (tertiary/aromatic N) is 2. The summed E-state index contributed by atoms with van der Waals surface area (Å²) in [5, 5.41) is 7.42. The first kappa shape index (κ1) is 15.2. The van der Waals surface area contributed by atoms with Gasteiger partial charge in [0, 0.05) is 22.8 Å². The fourth-order valence-corrected chi connectivity index (χ4v) is 2.84. The molecule has 0 saturated carbocycles. The van der Waals surface area contributed by atoms with Gasteiger partial charge in [0.15, 0.2) is 6.61 Å². The first-order valence-electron chi connectivity index (χ1n) is 7.00. The van der Waals surface area contributed by atoms with Crippen molar-refractivity contribution in [3.05, 3.63) is 65.2 Å². The number of hydrogen-bond acceptors (Lipinski definition) is 6. The molecule has 0 atom stereocenters. The van der Waals surface area contributed by atoms with Gasteiger partial charge in [-0.15, -0.1) is 21.5 Å². The van der Waals surface area contributed by atoms with Gasteiger partial charge in [0.25, 0.3) is 5.89 Å². The number of thiophene rings is 1. The van der Waals surface area contributed by atoms with Gasteiger partial charge >= 0.3 is 5.97 Å². The fraction of sp³-hybridized carbons (Fsp3) is 0.118. The lowest BCUT2D eigenvalue weighted by Crippen LogP contribution is -2.00. The van der Waals surface area contributed by atoms with Crippen LogP contribution in [0, 0.1) is 6.92 Å². The van der Waals surface area contributed by atoms with Gasteiger partial charge in [0.2, 0.25) is 5.89 Å². The van der Waals surface area contributed by atoms with Crippen LogP contribution in [-0.2, 0) is 16.1 Å². The third-order valence-corrected chi connectivity index (χ3v) is 4.07. The summed E-state index contributed by atoms with van der Waals surface area (Å²) in [6.07, 6.45) is 3.13. The van der Waals surface area contributed by atoms with Crippen LogP contribution in [-0.4, -0.2) is 16.2 Å². The second-order valence-corrected chi connectivity index (χ2v) is 5.84. The molecule has 23 heavy (non-hydrogen) atoms. The average molecular weight is 326 g/mol. The van der Waals surface area contributed by atoms with Gasteiger partial charge in [-0.1, -0.05) is 30.3 Å². The van der Waals surface area contributed by atoms with Crippen LogP contribution in [0.25, 0.3) is 16.5 Å². The Bertz CT molecular complexity index is 821. The molecule has 116 valence electrons. The molecular weight excluding hydrogens is 312 g/mol. The summed E-state index contributed by atoms with van der Waals surface area (Å²) in [6, 6.07) is 14.1. The molecule has 0 amide bonds. The smallest absolute Gasteiger partial charge is 0.331 e. The maximum absolute atomic E-state index is 11.7.